The average molecular weight is 338 g/mol. The Morgan fingerprint density at radius 3 is 2.87 bits per heavy atom. The minimum absolute atomic E-state index is 0.162. The summed E-state index contributed by atoms with van der Waals surface area (Å²) in [4.78, 5) is 11.5. The highest BCUT2D eigenvalue weighted by Gasteiger charge is 2.17. The van der Waals surface area contributed by atoms with E-state index in [1.807, 2.05) is 6.07 Å². The first kappa shape index (κ1) is 16.9. The van der Waals surface area contributed by atoms with Crippen molar-refractivity contribution in [2.45, 2.75) is 26.4 Å². The summed E-state index contributed by atoms with van der Waals surface area (Å²) >= 11 is 5.95. The van der Waals surface area contributed by atoms with Crippen LogP contribution in [-0.4, -0.2) is 30.0 Å². The number of hydrogen-bond acceptors (Lipinski definition) is 6. The number of benzene rings is 1. The molecule has 0 unspecified atom stereocenters. The van der Waals surface area contributed by atoms with Gasteiger partial charge in [-0.15, -0.1) is 0 Å². The zero-order valence-corrected chi connectivity index (χ0v) is 13.7. The molecular weight excluding hydrogens is 322 g/mol. The average Bonchev–Trinajstić information content (AvgIpc) is 2.84. The number of hydrogen-bond donors (Lipinski definition) is 1. The topological polar surface area (TPSA) is 97.4 Å². The number of amides is 1. The molecule has 0 fully saturated rings. The van der Waals surface area contributed by atoms with E-state index in [9.17, 15) is 4.79 Å². The molecule has 1 heterocycles. The predicted octanol–water partition coefficient (Wildman–Crippen LogP) is 3.26. The smallest absolute Gasteiger partial charge is 0.407 e. The van der Waals surface area contributed by atoms with Crippen molar-refractivity contribution in [1.82, 2.24) is 10.5 Å². The van der Waals surface area contributed by atoms with Crippen molar-refractivity contribution in [2.24, 2.45) is 0 Å². The molecule has 1 aromatic heterocycles. The van der Waals surface area contributed by atoms with Crippen LogP contribution in [0, 0.1) is 11.3 Å². The lowest BCUT2D eigenvalue weighted by atomic mass is 10.2. The van der Waals surface area contributed by atoms with Crippen LogP contribution >= 0.6 is 11.6 Å². The highest BCUT2D eigenvalue weighted by atomic mass is 35.5. The summed E-state index contributed by atoms with van der Waals surface area (Å²) in [6.07, 6.45) is -0.527. The highest BCUT2D eigenvalue weighted by Crippen LogP contribution is 2.30. The molecule has 1 N–H and O–H groups in total. The van der Waals surface area contributed by atoms with Crippen LogP contribution in [0.15, 0.2) is 16.7 Å². The van der Waals surface area contributed by atoms with Gasteiger partial charge in [-0.25, -0.2) is 4.79 Å². The Balaban J connectivity index is 1.95. The minimum Gasteiger partial charge on any atom is -0.473 e. The number of carbonyl (C=O) groups is 1. The molecule has 7 nitrogen and oxygen atoms in total. The van der Waals surface area contributed by atoms with Gasteiger partial charge in [-0.05, 0) is 38.1 Å². The Hall–Kier alpha value is -2.46. The Labute approximate surface area is 138 Å². The number of rotatable bonds is 4. The third-order valence-electron chi connectivity index (χ3n) is 2.63. The molecule has 0 aliphatic rings. The Kier molecular flexibility index (Phi) is 4.96. The molecule has 0 saturated heterocycles. The second-order valence-electron chi connectivity index (χ2n) is 5.71. The van der Waals surface area contributed by atoms with Gasteiger partial charge in [-0.1, -0.05) is 11.6 Å². The first-order valence-corrected chi connectivity index (χ1v) is 7.26. The maximum atomic E-state index is 11.5. The van der Waals surface area contributed by atoms with E-state index >= 15 is 0 Å². The van der Waals surface area contributed by atoms with Gasteiger partial charge in [0.25, 0.3) is 5.88 Å². The van der Waals surface area contributed by atoms with Crippen LogP contribution in [0.1, 0.15) is 26.3 Å². The lowest BCUT2D eigenvalue weighted by molar-refractivity contribution is 0.0520. The maximum absolute atomic E-state index is 11.5. The van der Waals surface area contributed by atoms with Gasteiger partial charge < -0.3 is 19.3 Å². The lowest BCUT2D eigenvalue weighted by Crippen LogP contribution is -2.34. The zero-order valence-electron chi connectivity index (χ0n) is 13.0. The summed E-state index contributed by atoms with van der Waals surface area (Å²) in [7, 11) is 0. The van der Waals surface area contributed by atoms with Gasteiger partial charge in [0.05, 0.1) is 17.5 Å². The van der Waals surface area contributed by atoms with E-state index in [4.69, 9.17) is 30.9 Å². The summed E-state index contributed by atoms with van der Waals surface area (Å²) in [6, 6.07) is 5.07. The molecular formula is C15H16ClN3O4. The maximum Gasteiger partial charge on any atom is 0.407 e. The Morgan fingerprint density at radius 1 is 1.48 bits per heavy atom. The Morgan fingerprint density at radius 2 is 2.22 bits per heavy atom. The van der Waals surface area contributed by atoms with Crippen LogP contribution in [0.4, 0.5) is 4.79 Å². The molecule has 0 atom stereocenters. The van der Waals surface area contributed by atoms with Gasteiger partial charge in [0.2, 0.25) is 0 Å². The van der Waals surface area contributed by atoms with Crippen LogP contribution in [0.25, 0.3) is 11.0 Å². The number of aromatic nitrogens is 1. The van der Waals surface area contributed by atoms with Crippen molar-refractivity contribution in [1.29, 1.82) is 5.26 Å². The fraction of sp³-hybridized carbons (Fsp3) is 0.400. The number of nitrogens with one attached hydrogen (secondary N) is 1. The second-order valence-corrected chi connectivity index (χ2v) is 6.14. The number of halogens is 1. The van der Waals surface area contributed by atoms with Crippen LogP contribution in [0.5, 0.6) is 5.88 Å². The van der Waals surface area contributed by atoms with Gasteiger partial charge in [0.15, 0.2) is 5.58 Å². The van der Waals surface area contributed by atoms with Crippen LogP contribution in [-0.2, 0) is 4.74 Å². The summed E-state index contributed by atoms with van der Waals surface area (Å²) in [5.41, 5.74) is 0.0336. The molecule has 0 aliphatic heterocycles. The van der Waals surface area contributed by atoms with Crippen LogP contribution in [0.3, 0.4) is 0 Å². The molecule has 0 bridgehead atoms. The van der Waals surface area contributed by atoms with Crippen molar-refractivity contribution in [3.05, 3.63) is 22.7 Å². The summed E-state index contributed by atoms with van der Waals surface area (Å²) < 4.78 is 15.7. The molecule has 1 aromatic carbocycles. The van der Waals surface area contributed by atoms with Gasteiger partial charge in [0.1, 0.15) is 18.3 Å². The third-order valence-corrected chi connectivity index (χ3v) is 2.85. The summed E-state index contributed by atoms with van der Waals surface area (Å²) in [6.45, 7) is 5.73. The number of carbonyl (C=O) groups excluding carboxylic acids is 1. The van der Waals surface area contributed by atoms with Crippen molar-refractivity contribution >= 4 is 28.7 Å². The minimum atomic E-state index is -0.558. The fourth-order valence-corrected chi connectivity index (χ4v) is 2.01. The number of alkyl carbamates (subject to hydrolysis) is 1. The van der Waals surface area contributed by atoms with E-state index in [0.717, 1.165) is 0 Å². The molecule has 0 radical (unpaired) electrons. The molecule has 0 saturated carbocycles. The van der Waals surface area contributed by atoms with Gasteiger partial charge in [-0.2, -0.15) is 5.26 Å². The zero-order chi connectivity index (χ0) is 17.0. The molecule has 2 aromatic rings. The molecule has 1 amide bonds. The number of nitriles is 1. The number of nitrogens with zero attached hydrogens (tertiary/aromatic N) is 2. The van der Waals surface area contributed by atoms with Crippen LogP contribution < -0.4 is 10.1 Å². The van der Waals surface area contributed by atoms with E-state index in [1.54, 1.807) is 26.8 Å². The van der Waals surface area contributed by atoms with Gasteiger partial charge >= 0.3 is 6.09 Å². The third kappa shape index (κ3) is 4.50. The van der Waals surface area contributed by atoms with Crippen LogP contribution in [0.2, 0.25) is 5.02 Å². The van der Waals surface area contributed by atoms with E-state index in [-0.39, 0.29) is 24.6 Å². The molecule has 0 aliphatic carbocycles. The largest absolute Gasteiger partial charge is 0.473 e. The summed E-state index contributed by atoms with van der Waals surface area (Å²) in [5, 5.41) is 16.3. The summed E-state index contributed by atoms with van der Waals surface area (Å²) in [5.74, 6) is 0.213. The molecule has 23 heavy (non-hydrogen) atoms. The van der Waals surface area contributed by atoms with Gasteiger partial charge in [-0.3, -0.25) is 0 Å². The fourth-order valence-electron chi connectivity index (χ4n) is 1.79. The SMILES string of the molecule is CC(C)(C)OC(=O)NCCOc1noc2c(C#N)cc(Cl)cc12. The lowest BCUT2D eigenvalue weighted by Gasteiger charge is -2.19. The quantitative estimate of drug-likeness (QED) is 0.860. The number of fused-ring (bicyclic) bond motifs is 1. The molecule has 0 spiro atoms. The Bertz CT molecular complexity index is 758. The van der Waals surface area contributed by atoms with E-state index in [0.29, 0.717) is 16.0 Å². The van der Waals surface area contributed by atoms with Crippen molar-refractivity contribution in [3.63, 3.8) is 0 Å². The second kappa shape index (κ2) is 6.75. The first-order chi connectivity index (χ1) is 10.8. The van der Waals surface area contributed by atoms with Crippen molar-refractivity contribution in [3.8, 4) is 11.9 Å². The normalized spacial score (nSPS) is 11.1. The van der Waals surface area contributed by atoms with E-state index < -0.39 is 11.7 Å². The molecule has 8 heteroatoms. The monoisotopic (exact) mass is 337 g/mol. The number of ether oxygens (including phenoxy) is 2. The molecule has 2 rings (SSSR count). The molecule has 122 valence electrons. The van der Waals surface area contributed by atoms with E-state index in [1.165, 1.54) is 6.07 Å². The van der Waals surface area contributed by atoms with E-state index in [2.05, 4.69) is 10.5 Å². The standard InChI is InChI=1S/C15H16ClN3O4/c1-15(2,3)22-14(20)18-4-5-21-13-11-7-10(16)6-9(8-17)12(11)23-19-13/h6-7H,4-5H2,1-3H3,(H,18,20). The van der Waals surface area contributed by atoms with Crippen molar-refractivity contribution in [2.75, 3.05) is 13.2 Å². The van der Waals surface area contributed by atoms with Gasteiger partial charge in [0, 0.05) is 5.02 Å². The van der Waals surface area contributed by atoms with Crippen molar-refractivity contribution < 1.29 is 18.8 Å². The predicted molar refractivity (Wildman–Crippen MR) is 83.5 cm³/mol. The first-order valence-electron chi connectivity index (χ1n) is 6.89. The highest BCUT2D eigenvalue weighted by molar-refractivity contribution is 6.31.